The number of hydrogen-bond acceptors (Lipinski definition) is 0. The Bertz CT molecular complexity index is 59.5. The lowest BCUT2D eigenvalue weighted by Gasteiger charge is -2.23. The van der Waals surface area contributed by atoms with Crippen molar-refractivity contribution in [3.05, 3.63) is 0 Å². The van der Waals surface area contributed by atoms with Crippen molar-refractivity contribution >= 4 is 14.6 Å². The maximum atomic E-state index is 2.28. The van der Waals surface area contributed by atoms with Gasteiger partial charge in [-0.25, -0.2) is 0 Å². The van der Waals surface area contributed by atoms with Crippen LogP contribution in [0.4, 0.5) is 0 Å². The molecule has 0 aromatic carbocycles. The fourth-order valence-electron chi connectivity index (χ4n) is 1.27. The minimum absolute atomic E-state index is 1.13. The average Bonchev–Trinajstić information content (AvgIpc) is 1.63. The van der Waals surface area contributed by atoms with E-state index >= 15 is 0 Å². The van der Waals surface area contributed by atoms with E-state index in [0.717, 1.165) is 5.82 Å². The van der Waals surface area contributed by atoms with E-state index in [-0.39, 0.29) is 0 Å². The molecule has 0 amide bonds. The fourth-order valence-corrected chi connectivity index (χ4v) is 1.27. The lowest BCUT2D eigenvalue weighted by molar-refractivity contribution is 0.499. The van der Waals surface area contributed by atoms with Crippen LogP contribution in [0.2, 0.25) is 18.9 Å². The van der Waals surface area contributed by atoms with Crippen molar-refractivity contribution in [2.24, 2.45) is 0 Å². The molecule has 0 aromatic rings. The van der Waals surface area contributed by atoms with Crippen LogP contribution in [0.15, 0.2) is 0 Å². The number of rotatable bonds is 3. The highest BCUT2D eigenvalue weighted by Crippen LogP contribution is 2.31. The molecule has 0 heterocycles. The summed E-state index contributed by atoms with van der Waals surface area (Å²) in [6.45, 7) is 2.28. The second kappa shape index (κ2) is 3.21. The maximum Gasteiger partial charge on any atom is 0.116 e. The molecule has 0 unspecified atom stereocenters. The predicted octanol–water partition coefficient (Wildman–Crippen LogP) is 1.26. The van der Waals surface area contributed by atoms with Gasteiger partial charge in [0.2, 0.25) is 0 Å². The second-order valence-corrected chi connectivity index (χ2v) is 2.94. The molecular weight excluding hydrogens is 93.7 g/mol. The standard InChI is InChI=1S/C6H14B2/c1-7-5-8-6-3-2-4-6/h6-8H,2-5H2,1H3. The lowest BCUT2D eigenvalue weighted by atomic mass is 9.46. The van der Waals surface area contributed by atoms with E-state index in [0.29, 0.717) is 0 Å². The van der Waals surface area contributed by atoms with Crippen LogP contribution in [0.25, 0.3) is 0 Å². The Labute approximate surface area is 53.5 Å². The van der Waals surface area contributed by atoms with Gasteiger partial charge in [-0.2, -0.15) is 0 Å². The van der Waals surface area contributed by atoms with E-state index in [2.05, 4.69) is 6.82 Å². The summed E-state index contributed by atoms with van der Waals surface area (Å²) >= 11 is 0. The van der Waals surface area contributed by atoms with Gasteiger partial charge in [0.15, 0.2) is 0 Å². The van der Waals surface area contributed by atoms with Gasteiger partial charge in [-0.3, -0.25) is 0 Å². The van der Waals surface area contributed by atoms with Crippen molar-refractivity contribution in [3.8, 4) is 0 Å². The van der Waals surface area contributed by atoms with Crippen LogP contribution in [-0.2, 0) is 0 Å². The topological polar surface area (TPSA) is 0 Å². The maximum absolute atomic E-state index is 2.28. The molecule has 0 N–H and O–H groups in total. The SMILES string of the molecule is CBCBC1CCC1. The summed E-state index contributed by atoms with van der Waals surface area (Å²) in [5.41, 5.74) is 0. The van der Waals surface area contributed by atoms with Gasteiger partial charge in [0.25, 0.3) is 0 Å². The monoisotopic (exact) mass is 108 g/mol. The summed E-state index contributed by atoms with van der Waals surface area (Å²) in [4.78, 5) is 0. The van der Waals surface area contributed by atoms with Crippen LogP contribution in [0.3, 0.4) is 0 Å². The molecule has 44 valence electrons. The Hall–Kier alpha value is 0.130. The molecule has 0 radical (unpaired) electrons. The van der Waals surface area contributed by atoms with Gasteiger partial charge in [0.05, 0.1) is 0 Å². The molecule has 1 fully saturated rings. The second-order valence-electron chi connectivity index (χ2n) is 2.94. The van der Waals surface area contributed by atoms with Crippen LogP contribution in [0.5, 0.6) is 0 Å². The van der Waals surface area contributed by atoms with E-state index in [4.69, 9.17) is 0 Å². The molecule has 1 aliphatic carbocycles. The van der Waals surface area contributed by atoms with Gasteiger partial charge in [-0.05, 0) is 0 Å². The molecule has 0 aromatic heterocycles. The van der Waals surface area contributed by atoms with Crippen molar-refractivity contribution in [1.82, 2.24) is 0 Å². The Morgan fingerprint density at radius 3 is 2.62 bits per heavy atom. The first-order chi connectivity index (χ1) is 3.93. The zero-order chi connectivity index (χ0) is 5.82. The zero-order valence-corrected chi connectivity index (χ0v) is 5.82. The Morgan fingerprint density at radius 2 is 2.25 bits per heavy atom. The highest BCUT2D eigenvalue weighted by atomic mass is 14.1. The first kappa shape index (κ1) is 6.25. The van der Waals surface area contributed by atoms with Crippen molar-refractivity contribution in [2.45, 2.75) is 38.1 Å². The molecule has 0 aliphatic heterocycles. The summed E-state index contributed by atoms with van der Waals surface area (Å²) in [7, 11) is 2.90. The minimum Gasteiger partial charge on any atom is -0.101 e. The van der Waals surface area contributed by atoms with Gasteiger partial charge in [-0.1, -0.05) is 31.9 Å². The molecule has 2 heteroatoms. The quantitative estimate of drug-likeness (QED) is 0.477. The molecule has 0 atom stereocenters. The van der Waals surface area contributed by atoms with E-state index < -0.39 is 0 Å². The summed E-state index contributed by atoms with van der Waals surface area (Å²) in [6, 6.07) is 0. The molecule has 0 nitrogen and oxygen atoms in total. The highest BCUT2D eigenvalue weighted by molar-refractivity contribution is 6.56. The Morgan fingerprint density at radius 1 is 1.50 bits per heavy atom. The van der Waals surface area contributed by atoms with E-state index in [1.165, 1.54) is 40.0 Å². The molecule has 8 heavy (non-hydrogen) atoms. The van der Waals surface area contributed by atoms with Crippen LogP contribution < -0.4 is 0 Å². The molecule has 1 aliphatic rings. The minimum atomic E-state index is 1.13. The third kappa shape index (κ3) is 1.57. The molecule has 0 saturated heterocycles. The fraction of sp³-hybridized carbons (Fsp3) is 1.00. The van der Waals surface area contributed by atoms with Crippen molar-refractivity contribution in [2.75, 3.05) is 0 Å². The first-order valence-electron chi connectivity index (χ1n) is 3.93. The molecule has 0 bridgehead atoms. The lowest BCUT2D eigenvalue weighted by Crippen LogP contribution is -2.12. The van der Waals surface area contributed by atoms with Gasteiger partial charge in [0.1, 0.15) is 14.6 Å². The van der Waals surface area contributed by atoms with Crippen molar-refractivity contribution < 1.29 is 0 Å². The summed E-state index contributed by atoms with van der Waals surface area (Å²) < 4.78 is 0. The predicted molar refractivity (Wildman–Crippen MR) is 42.6 cm³/mol. The van der Waals surface area contributed by atoms with Crippen molar-refractivity contribution in [1.29, 1.82) is 0 Å². The third-order valence-corrected chi connectivity index (χ3v) is 2.19. The largest absolute Gasteiger partial charge is 0.116 e. The van der Waals surface area contributed by atoms with Gasteiger partial charge in [0, 0.05) is 0 Å². The molecule has 1 rings (SSSR count). The van der Waals surface area contributed by atoms with Gasteiger partial charge in [-0.15, -0.1) is 6.22 Å². The smallest absolute Gasteiger partial charge is 0.101 e. The summed E-state index contributed by atoms with van der Waals surface area (Å²) in [5.74, 6) is 1.13. The van der Waals surface area contributed by atoms with Crippen LogP contribution >= 0.6 is 0 Å². The Kier molecular flexibility index (Phi) is 2.51. The van der Waals surface area contributed by atoms with Crippen LogP contribution in [0, 0.1) is 0 Å². The average molecular weight is 108 g/mol. The van der Waals surface area contributed by atoms with E-state index in [1.54, 1.807) is 0 Å². The first-order valence-corrected chi connectivity index (χ1v) is 3.93. The van der Waals surface area contributed by atoms with Crippen LogP contribution in [-0.4, -0.2) is 14.6 Å². The zero-order valence-electron chi connectivity index (χ0n) is 5.82. The van der Waals surface area contributed by atoms with Crippen LogP contribution in [0.1, 0.15) is 19.3 Å². The van der Waals surface area contributed by atoms with Gasteiger partial charge >= 0.3 is 0 Å². The third-order valence-electron chi connectivity index (χ3n) is 2.19. The summed E-state index contributed by atoms with van der Waals surface area (Å²) in [5, 5.41) is 0. The van der Waals surface area contributed by atoms with E-state index in [1.807, 2.05) is 0 Å². The van der Waals surface area contributed by atoms with E-state index in [9.17, 15) is 0 Å². The molecular formula is C6H14B2. The summed E-state index contributed by atoms with van der Waals surface area (Å²) in [6.07, 6.45) is 6.03. The normalized spacial score (nSPS) is 19.6. The number of hydrogen-bond donors (Lipinski definition) is 0. The van der Waals surface area contributed by atoms with Crippen molar-refractivity contribution in [3.63, 3.8) is 0 Å². The highest BCUT2D eigenvalue weighted by Gasteiger charge is 2.16. The molecule has 1 saturated carbocycles. The molecule has 0 spiro atoms. The Balaban J connectivity index is 1.86. The van der Waals surface area contributed by atoms with Gasteiger partial charge < -0.3 is 0 Å².